The molecule has 2 aliphatic heterocycles. The van der Waals surface area contributed by atoms with Crippen molar-refractivity contribution in [3.05, 3.63) is 48.0 Å². The minimum atomic E-state index is -3.64. The predicted octanol–water partition coefficient (Wildman–Crippen LogP) is 5.43. The first kappa shape index (κ1) is 45.9. The second-order valence-corrected chi connectivity index (χ2v) is 20.5. The lowest BCUT2D eigenvalue weighted by molar-refractivity contribution is 0.0175. The maximum atomic E-state index is 12.4. The highest BCUT2D eigenvalue weighted by atomic mass is 32.2. The Bertz CT molecular complexity index is 2920. The monoisotopic (exact) mass is 916 g/mol. The lowest BCUT2D eigenvalue weighted by Crippen LogP contribution is -2.42. The minimum absolute atomic E-state index is 0.00702. The van der Waals surface area contributed by atoms with Gasteiger partial charge < -0.3 is 30.7 Å². The van der Waals surface area contributed by atoms with Crippen molar-refractivity contribution in [1.29, 1.82) is 0 Å². The third-order valence-electron chi connectivity index (χ3n) is 10.7. The molecule has 0 aliphatic carbocycles. The fourth-order valence-electron chi connectivity index (χ4n) is 7.81. The van der Waals surface area contributed by atoms with Crippen LogP contribution in [-0.4, -0.2) is 132 Å². The Kier molecular flexibility index (Phi) is 12.5. The van der Waals surface area contributed by atoms with E-state index in [1.54, 1.807) is 32.8 Å². The summed E-state index contributed by atoms with van der Waals surface area (Å²) in [6.07, 6.45) is 7.98. The zero-order valence-corrected chi connectivity index (χ0v) is 38.6. The van der Waals surface area contributed by atoms with Gasteiger partial charge in [0.2, 0.25) is 15.0 Å². The fourth-order valence-corrected chi connectivity index (χ4v) is 8.65. The molecule has 22 heteroatoms. The molecule has 2 fully saturated rings. The van der Waals surface area contributed by atoms with Crippen LogP contribution in [0, 0.1) is 0 Å². The number of fused-ring (bicyclic) bond motifs is 6. The summed E-state index contributed by atoms with van der Waals surface area (Å²) in [4.78, 5) is 69.6. The van der Waals surface area contributed by atoms with E-state index >= 15 is 0 Å². The number of benzene rings is 2. The van der Waals surface area contributed by atoms with Gasteiger partial charge >= 0.3 is 12.2 Å². The van der Waals surface area contributed by atoms with Gasteiger partial charge in [-0.1, -0.05) is 23.9 Å². The molecule has 20 nitrogen and oxygen atoms in total. The van der Waals surface area contributed by atoms with Crippen LogP contribution in [0.25, 0.3) is 43.6 Å². The van der Waals surface area contributed by atoms with Crippen molar-refractivity contribution in [2.75, 3.05) is 38.7 Å². The number of thioether (sulfide) groups is 1. The maximum Gasteiger partial charge on any atom is 0.410 e. The Morgan fingerprint density at radius 2 is 1.08 bits per heavy atom. The number of aromatic nitrogens is 8. The number of ether oxygens (including phenoxy) is 2. The van der Waals surface area contributed by atoms with E-state index in [0.29, 0.717) is 84.2 Å². The van der Waals surface area contributed by atoms with Gasteiger partial charge in [0.05, 0.1) is 23.1 Å². The van der Waals surface area contributed by atoms with Gasteiger partial charge in [0, 0.05) is 66.4 Å². The van der Waals surface area contributed by atoms with Crippen molar-refractivity contribution in [1.82, 2.24) is 49.3 Å². The summed E-state index contributed by atoms with van der Waals surface area (Å²) in [6.45, 7) is 13.0. The lowest BCUT2D eigenvalue weighted by Gasteiger charge is -2.33. The standard InChI is InChI=1S/C21H26N6O5S.C21H26N6O3S/c1-21(2,3)32-20(29)26-9-7-13(8-10-26)27-17-14(16(25-27)18(22)28)6-5-12-11-23-19(24-15(12)17)33(4,30)31;1-21(2,3)30-20(29)26-9-7-13(8-10-26)27-17-14(16(25-27)18(22)28)6-5-12-11-23-19(31-4)24-15(12)17/h5-6,11,13H,7-10H2,1-4H3,(H2,22,28);5-6,11,13H,7-10H2,1-4H3,(H2,22,28). The van der Waals surface area contributed by atoms with Crippen LogP contribution in [-0.2, 0) is 19.3 Å². The zero-order chi connectivity index (χ0) is 46.5. The number of hydrogen-bond acceptors (Lipinski definition) is 15. The van der Waals surface area contributed by atoms with Crippen LogP contribution in [0.5, 0.6) is 0 Å². The summed E-state index contributed by atoms with van der Waals surface area (Å²) >= 11 is 1.45. The molecule has 0 atom stereocenters. The predicted molar refractivity (Wildman–Crippen MR) is 240 cm³/mol. The van der Waals surface area contributed by atoms with Gasteiger partial charge in [-0.2, -0.15) is 10.2 Å². The summed E-state index contributed by atoms with van der Waals surface area (Å²) in [6, 6.07) is 6.99. The molecule has 0 radical (unpaired) electrons. The van der Waals surface area contributed by atoms with E-state index in [1.807, 2.05) is 64.6 Å². The Balaban J connectivity index is 0.000000192. The molecule has 6 heterocycles. The molecule has 0 saturated carbocycles. The third-order valence-corrected chi connectivity index (χ3v) is 12.1. The Morgan fingerprint density at radius 1 is 0.672 bits per heavy atom. The van der Waals surface area contributed by atoms with Crippen LogP contribution in [0.3, 0.4) is 0 Å². The average Bonchev–Trinajstić information content (AvgIpc) is 3.83. The van der Waals surface area contributed by atoms with E-state index in [1.165, 1.54) is 18.0 Å². The number of nitrogens with two attached hydrogens (primary N) is 2. The number of amides is 4. The molecular weight excluding hydrogens is 865 g/mol. The van der Waals surface area contributed by atoms with E-state index in [2.05, 4.69) is 30.1 Å². The van der Waals surface area contributed by atoms with Crippen molar-refractivity contribution in [3.8, 4) is 0 Å². The Hall–Kier alpha value is -6.16. The average molecular weight is 917 g/mol. The van der Waals surface area contributed by atoms with Gasteiger partial charge in [0.15, 0.2) is 16.5 Å². The van der Waals surface area contributed by atoms with E-state index in [9.17, 15) is 27.6 Å². The molecule has 64 heavy (non-hydrogen) atoms. The van der Waals surface area contributed by atoms with Crippen LogP contribution in [0.2, 0.25) is 0 Å². The summed E-state index contributed by atoms with van der Waals surface area (Å²) in [5, 5.41) is 12.1. The number of piperidine rings is 2. The minimum Gasteiger partial charge on any atom is -0.444 e. The van der Waals surface area contributed by atoms with Crippen LogP contribution in [0.15, 0.2) is 47.0 Å². The second kappa shape index (κ2) is 17.4. The highest BCUT2D eigenvalue weighted by Gasteiger charge is 2.32. The van der Waals surface area contributed by atoms with Crippen molar-refractivity contribution in [2.45, 2.75) is 101 Å². The molecule has 6 aromatic rings. The number of hydrogen-bond donors (Lipinski definition) is 2. The smallest absolute Gasteiger partial charge is 0.410 e. The number of carbonyl (C=O) groups is 4. The van der Waals surface area contributed by atoms with Crippen molar-refractivity contribution >= 4 is 89.2 Å². The molecular formula is C42H52N12O8S2. The number of carbonyl (C=O) groups excluding carboxylic acids is 4. The largest absolute Gasteiger partial charge is 0.444 e. The number of rotatable bonds is 6. The van der Waals surface area contributed by atoms with Gasteiger partial charge in [-0.25, -0.2) is 37.9 Å². The first-order valence-electron chi connectivity index (χ1n) is 20.7. The first-order valence-corrected chi connectivity index (χ1v) is 23.8. The third kappa shape index (κ3) is 9.66. The number of sulfone groups is 1. The van der Waals surface area contributed by atoms with Crippen molar-refractivity contribution in [2.24, 2.45) is 11.5 Å². The fraction of sp³-hybridized carbons (Fsp3) is 0.476. The Labute approximate surface area is 373 Å². The van der Waals surface area contributed by atoms with Crippen molar-refractivity contribution in [3.63, 3.8) is 0 Å². The van der Waals surface area contributed by atoms with Gasteiger partial charge in [-0.3, -0.25) is 19.0 Å². The molecule has 4 amide bonds. The summed E-state index contributed by atoms with van der Waals surface area (Å²) < 4.78 is 38.6. The molecule has 4 aromatic heterocycles. The van der Waals surface area contributed by atoms with E-state index in [-0.39, 0.29) is 40.8 Å². The topological polar surface area (TPSA) is 267 Å². The SMILES string of the molecule is CC(C)(C)OC(=O)N1CCC(n2nc(C(N)=O)c3ccc4cnc(S(C)(=O)=O)nc4c32)CC1.CSc1ncc2ccc3c(C(N)=O)nn(C4CCN(C(=O)OC(C)(C)C)CC4)c3c2n1. The van der Waals surface area contributed by atoms with E-state index in [4.69, 9.17) is 20.9 Å². The number of nitrogens with zero attached hydrogens (tertiary/aromatic N) is 10. The molecule has 8 rings (SSSR count). The molecule has 0 unspecified atom stereocenters. The van der Waals surface area contributed by atoms with Gasteiger partial charge in [-0.15, -0.1) is 0 Å². The summed E-state index contributed by atoms with van der Waals surface area (Å²) in [5.41, 5.74) is 12.8. The molecule has 2 aliphatic rings. The number of primary amides is 2. The molecule has 0 bridgehead atoms. The van der Waals surface area contributed by atoms with Gasteiger partial charge in [0.1, 0.15) is 22.2 Å². The Morgan fingerprint density at radius 3 is 1.45 bits per heavy atom. The zero-order valence-electron chi connectivity index (χ0n) is 37.0. The molecule has 2 saturated heterocycles. The molecule has 340 valence electrons. The summed E-state index contributed by atoms with van der Waals surface area (Å²) in [7, 11) is -3.64. The summed E-state index contributed by atoms with van der Waals surface area (Å²) in [5.74, 6) is -1.27. The van der Waals surface area contributed by atoms with Crippen LogP contribution < -0.4 is 11.5 Å². The van der Waals surface area contributed by atoms with E-state index < -0.39 is 32.9 Å². The van der Waals surface area contributed by atoms with Crippen LogP contribution in [0.4, 0.5) is 9.59 Å². The first-order chi connectivity index (χ1) is 30.0. The van der Waals surface area contributed by atoms with E-state index in [0.717, 1.165) is 22.7 Å². The second-order valence-electron chi connectivity index (χ2n) is 17.8. The highest BCUT2D eigenvalue weighted by molar-refractivity contribution is 7.98. The molecule has 0 spiro atoms. The quantitative estimate of drug-likeness (QED) is 0.156. The van der Waals surface area contributed by atoms with Gasteiger partial charge in [-0.05, 0) is 85.6 Å². The maximum absolute atomic E-state index is 12.4. The van der Waals surface area contributed by atoms with Crippen molar-refractivity contribution < 1.29 is 37.1 Å². The molecule has 2 aromatic carbocycles. The molecule has 4 N–H and O–H groups in total. The normalized spacial score (nSPS) is 15.7. The van der Waals surface area contributed by atoms with Crippen LogP contribution >= 0.6 is 11.8 Å². The van der Waals surface area contributed by atoms with Gasteiger partial charge in [0.25, 0.3) is 11.8 Å². The highest BCUT2D eigenvalue weighted by Crippen LogP contribution is 2.35. The lowest BCUT2D eigenvalue weighted by atomic mass is 10.0. The number of likely N-dealkylation sites (tertiary alicyclic amines) is 2. The van der Waals surface area contributed by atoms with Crippen LogP contribution in [0.1, 0.15) is 100 Å².